The zero-order valence-corrected chi connectivity index (χ0v) is 25.8. The number of pyridine rings is 1. The number of benzene rings is 3. The Morgan fingerprint density at radius 3 is 2.47 bits per heavy atom. The van der Waals surface area contributed by atoms with Crippen LogP contribution in [0.2, 0.25) is 0 Å². The second-order valence-electron chi connectivity index (χ2n) is 10.9. The molecule has 0 aliphatic heterocycles. The summed E-state index contributed by atoms with van der Waals surface area (Å²) in [6.45, 7) is 5.63. The van der Waals surface area contributed by atoms with Crippen LogP contribution in [0, 0.1) is 18.7 Å². The van der Waals surface area contributed by atoms with Crippen LogP contribution < -0.4 is 10.0 Å². The number of rotatable bonds is 11. The average Bonchev–Trinajstić information content (AvgIpc) is 3.31. The van der Waals surface area contributed by atoms with Gasteiger partial charge in [0.2, 0.25) is 0 Å². The molecule has 232 valence electrons. The standard InChI is InChI=1S/C33H32FN5O5S/c1-21(2)19-44-20-31(40)38-45(42,43)30-12-8-7-11-27(30)24-13-14-25(28(34)15-24)18-39-22(3)36-29-16-26(17-35-32(29)39)37-33(41)23-9-5-4-6-10-23/h4-17,21H,18-20H2,1-3H3,(H,37,41)(H,38,40). The summed E-state index contributed by atoms with van der Waals surface area (Å²) in [5, 5.41) is 2.82. The molecule has 0 saturated carbocycles. The molecule has 2 heterocycles. The fourth-order valence-corrected chi connectivity index (χ4v) is 5.95. The number of hydrogen-bond acceptors (Lipinski definition) is 7. The predicted molar refractivity (Wildman–Crippen MR) is 169 cm³/mol. The van der Waals surface area contributed by atoms with E-state index in [1.165, 1.54) is 24.4 Å². The molecule has 0 radical (unpaired) electrons. The van der Waals surface area contributed by atoms with Gasteiger partial charge in [0.25, 0.3) is 21.8 Å². The highest BCUT2D eigenvalue weighted by molar-refractivity contribution is 7.90. The molecule has 12 heteroatoms. The maximum absolute atomic E-state index is 15.5. The molecular weight excluding hydrogens is 597 g/mol. The van der Waals surface area contributed by atoms with Crippen molar-refractivity contribution in [1.29, 1.82) is 0 Å². The van der Waals surface area contributed by atoms with Crippen LogP contribution in [-0.2, 0) is 26.1 Å². The van der Waals surface area contributed by atoms with Crippen LogP contribution in [0.15, 0.2) is 90.0 Å². The first-order valence-electron chi connectivity index (χ1n) is 14.2. The van der Waals surface area contributed by atoms with Crippen LogP contribution in [0.4, 0.5) is 10.1 Å². The number of amides is 2. The first-order chi connectivity index (χ1) is 21.5. The van der Waals surface area contributed by atoms with Crippen molar-refractivity contribution in [3.05, 3.63) is 108 Å². The minimum absolute atomic E-state index is 0.115. The van der Waals surface area contributed by atoms with Gasteiger partial charge in [-0.1, -0.05) is 62.4 Å². The Morgan fingerprint density at radius 2 is 1.73 bits per heavy atom. The molecule has 5 rings (SSSR count). The van der Waals surface area contributed by atoms with Crippen molar-refractivity contribution in [1.82, 2.24) is 19.3 Å². The van der Waals surface area contributed by atoms with Gasteiger partial charge in [0, 0.05) is 23.3 Å². The number of carbonyl (C=O) groups is 2. The molecule has 5 aromatic rings. The highest BCUT2D eigenvalue weighted by Gasteiger charge is 2.23. The highest BCUT2D eigenvalue weighted by Crippen LogP contribution is 2.29. The number of halogens is 1. The van der Waals surface area contributed by atoms with Crippen LogP contribution >= 0.6 is 0 Å². The largest absolute Gasteiger partial charge is 0.371 e. The van der Waals surface area contributed by atoms with Gasteiger partial charge in [0.1, 0.15) is 23.8 Å². The van der Waals surface area contributed by atoms with Crippen LogP contribution in [0.3, 0.4) is 0 Å². The summed E-state index contributed by atoms with van der Waals surface area (Å²) in [5.74, 6) is -0.847. The zero-order chi connectivity index (χ0) is 32.1. The predicted octanol–water partition coefficient (Wildman–Crippen LogP) is 5.32. The van der Waals surface area contributed by atoms with Gasteiger partial charge in [-0.3, -0.25) is 9.59 Å². The first-order valence-corrected chi connectivity index (χ1v) is 15.7. The summed E-state index contributed by atoms with van der Waals surface area (Å²) >= 11 is 0. The van der Waals surface area contributed by atoms with Gasteiger partial charge in [-0.15, -0.1) is 0 Å². The number of fused-ring (bicyclic) bond motifs is 1. The average molecular weight is 630 g/mol. The molecule has 0 unspecified atom stereocenters. The van der Waals surface area contributed by atoms with E-state index in [9.17, 15) is 18.0 Å². The Kier molecular flexibility index (Phi) is 9.35. The topological polar surface area (TPSA) is 132 Å². The number of anilines is 1. The molecule has 0 bridgehead atoms. The first kappa shape index (κ1) is 31.5. The van der Waals surface area contributed by atoms with Crippen LogP contribution in [0.1, 0.15) is 35.6 Å². The molecule has 45 heavy (non-hydrogen) atoms. The molecule has 0 spiro atoms. The van der Waals surface area contributed by atoms with E-state index >= 15 is 4.39 Å². The summed E-state index contributed by atoms with van der Waals surface area (Å²) in [6, 6.07) is 21.0. The summed E-state index contributed by atoms with van der Waals surface area (Å²) in [6.07, 6.45) is 1.52. The summed E-state index contributed by atoms with van der Waals surface area (Å²) < 4.78 is 50.8. The van der Waals surface area contributed by atoms with Crippen molar-refractivity contribution < 1.29 is 27.1 Å². The molecule has 2 N–H and O–H groups in total. The maximum Gasteiger partial charge on any atom is 0.264 e. The van der Waals surface area contributed by atoms with Gasteiger partial charge >= 0.3 is 0 Å². The van der Waals surface area contributed by atoms with E-state index in [4.69, 9.17) is 4.74 Å². The molecule has 3 aromatic carbocycles. The fraction of sp³-hybridized carbons (Fsp3) is 0.212. The van der Waals surface area contributed by atoms with Gasteiger partial charge in [-0.25, -0.2) is 27.5 Å². The van der Waals surface area contributed by atoms with Gasteiger partial charge in [-0.05, 0) is 48.7 Å². The lowest BCUT2D eigenvalue weighted by atomic mass is 10.0. The monoisotopic (exact) mass is 629 g/mol. The van der Waals surface area contributed by atoms with Gasteiger partial charge in [-0.2, -0.15) is 0 Å². The van der Waals surface area contributed by atoms with Crippen molar-refractivity contribution in [3.63, 3.8) is 0 Å². The Balaban J connectivity index is 1.35. The summed E-state index contributed by atoms with van der Waals surface area (Å²) in [4.78, 5) is 33.7. The summed E-state index contributed by atoms with van der Waals surface area (Å²) in [5.41, 5.74) is 2.93. The summed E-state index contributed by atoms with van der Waals surface area (Å²) in [7, 11) is -4.26. The molecule has 2 aromatic heterocycles. The minimum atomic E-state index is -4.26. The van der Waals surface area contributed by atoms with Crippen LogP contribution in [-0.4, -0.2) is 48.0 Å². The van der Waals surface area contributed by atoms with E-state index in [2.05, 4.69) is 15.3 Å². The van der Waals surface area contributed by atoms with E-state index in [0.717, 1.165) is 0 Å². The number of imidazole rings is 1. The molecule has 2 amide bonds. The zero-order valence-electron chi connectivity index (χ0n) is 25.0. The molecule has 10 nitrogen and oxygen atoms in total. The quantitative estimate of drug-likeness (QED) is 0.202. The molecule has 0 saturated heterocycles. The van der Waals surface area contributed by atoms with Crippen molar-refractivity contribution >= 4 is 38.7 Å². The van der Waals surface area contributed by atoms with Gasteiger partial charge in [0.05, 0.1) is 23.3 Å². The number of carbonyl (C=O) groups excluding carboxylic acids is 2. The smallest absolute Gasteiger partial charge is 0.264 e. The number of nitrogens with zero attached hydrogens (tertiary/aromatic N) is 3. The fourth-order valence-electron chi connectivity index (χ4n) is 4.75. The number of hydrogen-bond donors (Lipinski definition) is 2. The second-order valence-corrected chi connectivity index (χ2v) is 12.5. The lowest BCUT2D eigenvalue weighted by Crippen LogP contribution is -2.34. The van der Waals surface area contributed by atoms with Gasteiger partial charge in [0.15, 0.2) is 5.65 Å². The van der Waals surface area contributed by atoms with E-state index < -0.39 is 28.4 Å². The minimum Gasteiger partial charge on any atom is -0.371 e. The van der Waals surface area contributed by atoms with Crippen LogP contribution in [0.5, 0.6) is 0 Å². The Hall–Kier alpha value is -4.94. The number of ether oxygens (including phenoxy) is 1. The van der Waals surface area contributed by atoms with Crippen molar-refractivity contribution in [2.24, 2.45) is 5.92 Å². The number of aryl methyl sites for hydroxylation is 1. The van der Waals surface area contributed by atoms with E-state index in [1.807, 2.05) is 24.6 Å². The van der Waals surface area contributed by atoms with Crippen molar-refractivity contribution in [3.8, 4) is 11.1 Å². The number of nitrogens with one attached hydrogen (secondary N) is 2. The molecule has 0 aliphatic rings. The number of sulfonamides is 1. The normalized spacial score (nSPS) is 11.6. The van der Waals surface area contributed by atoms with E-state index in [-0.39, 0.29) is 28.8 Å². The molecule has 0 aliphatic carbocycles. The Morgan fingerprint density at radius 1 is 1.00 bits per heavy atom. The van der Waals surface area contributed by atoms with Crippen LogP contribution in [0.25, 0.3) is 22.3 Å². The molecule has 0 atom stereocenters. The molecule has 0 fully saturated rings. The van der Waals surface area contributed by atoms with Crippen molar-refractivity contribution in [2.45, 2.75) is 32.2 Å². The SMILES string of the molecule is Cc1nc2cc(NC(=O)c3ccccc3)cnc2n1Cc1ccc(-c2ccccc2S(=O)(=O)NC(=O)COCC(C)C)cc1F. The third-order valence-electron chi connectivity index (χ3n) is 6.87. The van der Waals surface area contributed by atoms with E-state index in [1.54, 1.807) is 66.1 Å². The lowest BCUT2D eigenvalue weighted by Gasteiger charge is -2.14. The second kappa shape index (κ2) is 13.4. The van der Waals surface area contributed by atoms with Gasteiger partial charge < -0.3 is 14.6 Å². The third kappa shape index (κ3) is 7.41. The maximum atomic E-state index is 15.5. The third-order valence-corrected chi connectivity index (χ3v) is 8.30. The Bertz CT molecular complexity index is 1980. The number of aromatic nitrogens is 3. The molecular formula is C33H32FN5O5S. The lowest BCUT2D eigenvalue weighted by molar-refractivity contribution is -0.124. The Labute approximate surface area is 260 Å². The van der Waals surface area contributed by atoms with E-state index in [0.29, 0.717) is 46.0 Å². The van der Waals surface area contributed by atoms with Crippen molar-refractivity contribution in [2.75, 3.05) is 18.5 Å². The highest BCUT2D eigenvalue weighted by atomic mass is 32.2.